The summed E-state index contributed by atoms with van der Waals surface area (Å²) in [6, 6.07) is 1.66. The molecule has 0 saturated heterocycles. The Balaban J connectivity index is 2.91. The van der Waals surface area contributed by atoms with Crippen molar-refractivity contribution in [2.45, 2.75) is 46.6 Å². The van der Waals surface area contributed by atoms with Crippen LogP contribution < -0.4 is 4.74 Å². The SMILES string of the molecule is COc1c(C(C)=O)c(O)c(CC=C(C)C)c2oc(C(C)(C)O)cc12. The van der Waals surface area contributed by atoms with Gasteiger partial charge in [0.25, 0.3) is 0 Å². The number of carbonyl (C=O) groups is 1. The van der Waals surface area contributed by atoms with Crippen molar-refractivity contribution in [3.63, 3.8) is 0 Å². The summed E-state index contributed by atoms with van der Waals surface area (Å²) in [5.41, 5.74) is 0.947. The Labute approximate surface area is 141 Å². The van der Waals surface area contributed by atoms with E-state index in [2.05, 4.69) is 0 Å². The molecule has 0 aliphatic carbocycles. The first-order chi connectivity index (χ1) is 11.1. The normalized spacial score (nSPS) is 11.6. The number of carbonyl (C=O) groups excluding carboxylic acids is 1. The first-order valence-corrected chi connectivity index (χ1v) is 7.80. The van der Waals surface area contributed by atoms with Gasteiger partial charge in [0.2, 0.25) is 0 Å². The zero-order valence-electron chi connectivity index (χ0n) is 15.0. The van der Waals surface area contributed by atoms with Gasteiger partial charge in [-0.3, -0.25) is 4.79 Å². The molecule has 0 amide bonds. The number of fused-ring (bicyclic) bond motifs is 1. The standard InChI is InChI=1S/C19H24O5/c1-10(2)7-8-12-16(21)15(11(3)20)18(23-6)13-9-14(19(4,5)22)24-17(12)13/h7,9,21-22H,8H2,1-6H3. The van der Waals surface area contributed by atoms with E-state index in [-0.39, 0.29) is 22.8 Å². The largest absolute Gasteiger partial charge is 0.507 e. The number of benzene rings is 1. The van der Waals surface area contributed by atoms with Gasteiger partial charge >= 0.3 is 0 Å². The van der Waals surface area contributed by atoms with Crippen molar-refractivity contribution in [1.29, 1.82) is 0 Å². The van der Waals surface area contributed by atoms with E-state index in [1.54, 1.807) is 19.9 Å². The number of aromatic hydroxyl groups is 1. The van der Waals surface area contributed by atoms with Crippen LogP contribution in [-0.2, 0) is 12.0 Å². The molecule has 130 valence electrons. The number of phenolic OH excluding ortho intramolecular Hbond substituents is 1. The van der Waals surface area contributed by atoms with Gasteiger partial charge in [0.15, 0.2) is 5.78 Å². The molecule has 0 aliphatic heterocycles. The highest BCUT2D eigenvalue weighted by Gasteiger charge is 2.28. The molecule has 24 heavy (non-hydrogen) atoms. The first-order valence-electron chi connectivity index (χ1n) is 7.80. The van der Waals surface area contributed by atoms with Crippen molar-refractivity contribution >= 4 is 16.8 Å². The number of allylic oxidation sites excluding steroid dienone is 2. The van der Waals surface area contributed by atoms with Crippen LogP contribution in [0.25, 0.3) is 11.0 Å². The summed E-state index contributed by atoms with van der Waals surface area (Å²) in [6.07, 6.45) is 2.35. The molecule has 0 aliphatic rings. The molecule has 1 aromatic carbocycles. The second-order valence-electron chi connectivity index (χ2n) is 6.69. The number of Topliss-reactive ketones (excluding diaryl/α,β-unsaturated/α-hetero) is 1. The van der Waals surface area contributed by atoms with Gasteiger partial charge in [-0.1, -0.05) is 11.6 Å². The van der Waals surface area contributed by atoms with Crippen LogP contribution in [0.4, 0.5) is 0 Å². The van der Waals surface area contributed by atoms with Gasteiger partial charge in [-0.2, -0.15) is 0 Å². The van der Waals surface area contributed by atoms with E-state index in [4.69, 9.17) is 9.15 Å². The average Bonchev–Trinajstić information content (AvgIpc) is 2.89. The molecule has 0 atom stereocenters. The monoisotopic (exact) mass is 332 g/mol. The third-order valence-electron chi connectivity index (χ3n) is 3.87. The fourth-order valence-corrected chi connectivity index (χ4v) is 2.62. The Kier molecular flexibility index (Phi) is 4.76. The van der Waals surface area contributed by atoms with Crippen LogP contribution in [0, 0.1) is 0 Å². The van der Waals surface area contributed by atoms with Gasteiger partial charge in [0, 0.05) is 5.56 Å². The highest BCUT2D eigenvalue weighted by molar-refractivity contribution is 6.07. The molecule has 1 aromatic heterocycles. The van der Waals surface area contributed by atoms with Crippen LogP contribution in [0.5, 0.6) is 11.5 Å². The molecule has 2 rings (SSSR count). The van der Waals surface area contributed by atoms with E-state index in [0.29, 0.717) is 28.7 Å². The number of phenols is 1. The van der Waals surface area contributed by atoms with Crippen LogP contribution in [0.2, 0.25) is 0 Å². The van der Waals surface area contributed by atoms with Crippen molar-refractivity contribution in [1.82, 2.24) is 0 Å². The molecule has 0 fully saturated rings. The van der Waals surface area contributed by atoms with Gasteiger partial charge < -0.3 is 19.4 Å². The predicted octanol–water partition coefficient (Wildman–Crippen LogP) is 4.09. The summed E-state index contributed by atoms with van der Waals surface area (Å²) in [6.45, 7) is 8.50. The maximum Gasteiger partial charge on any atom is 0.167 e. The Morgan fingerprint density at radius 3 is 2.42 bits per heavy atom. The van der Waals surface area contributed by atoms with Gasteiger partial charge in [-0.05, 0) is 47.1 Å². The Hall–Kier alpha value is -2.27. The van der Waals surface area contributed by atoms with Crippen LogP contribution in [0.15, 0.2) is 22.1 Å². The lowest BCUT2D eigenvalue weighted by molar-refractivity contribution is 0.0558. The van der Waals surface area contributed by atoms with E-state index >= 15 is 0 Å². The molecular formula is C19H24O5. The fraction of sp³-hybridized carbons (Fsp3) is 0.421. The molecule has 0 spiro atoms. The highest BCUT2D eigenvalue weighted by Crippen LogP contribution is 2.43. The second kappa shape index (κ2) is 6.32. The van der Waals surface area contributed by atoms with E-state index in [0.717, 1.165) is 5.57 Å². The summed E-state index contributed by atoms with van der Waals surface area (Å²) in [4.78, 5) is 12.0. The van der Waals surface area contributed by atoms with Crippen LogP contribution in [0.3, 0.4) is 0 Å². The maximum absolute atomic E-state index is 12.0. The minimum atomic E-state index is -1.19. The van der Waals surface area contributed by atoms with Crippen LogP contribution >= 0.6 is 0 Å². The third kappa shape index (κ3) is 3.17. The molecule has 0 bridgehead atoms. The van der Waals surface area contributed by atoms with E-state index in [1.165, 1.54) is 14.0 Å². The number of methoxy groups -OCH3 is 1. The lowest BCUT2D eigenvalue weighted by Gasteiger charge is -2.13. The fourth-order valence-electron chi connectivity index (χ4n) is 2.62. The van der Waals surface area contributed by atoms with Crippen molar-refractivity contribution in [3.05, 3.63) is 34.6 Å². The molecule has 0 unspecified atom stereocenters. The minimum Gasteiger partial charge on any atom is -0.507 e. The second-order valence-corrected chi connectivity index (χ2v) is 6.69. The molecule has 2 N–H and O–H groups in total. The Morgan fingerprint density at radius 1 is 1.33 bits per heavy atom. The number of hydrogen-bond acceptors (Lipinski definition) is 5. The molecule has 0 saturated carbocycles. The van der Waals surface area contributed by atoms with Crippen molar-refractivity contribution in [3.8, 4) is 11.5 Å². The maximum atomic E-state index is 12.0. The topological polar surface area (TPSA) is 79.9 Å². The lowest BCUT2D eigenvalue weighted by atomic mass is 9.97. The van der Waals surface area contributed by atoms with Gasteiger partial charge in [0.1, 0.15) is 34.0 Å². The summed E-state index contributed by atoms with van der Waals surface area (Å²) in [5.74, 6) is 0.168. The zero-order valence-corrected chi connectivity index (χ0v) is 15.0. The summed E-state index contributed by atoms with van der Waals surface area (Å²) in [7, 11) is 1.44. The number of furan rings is 1. The highest BCUT2D eigenvalue weighted by atomic mass is 16.5. The van der Waals surface area contributed by atoms with Crippen molar-refractivity contribution < 1.29 is 24.2 Å². The van der Waals surface area contributed by atoms with Crippen molar-refractivity contribution in [2.75, 3.05) is 7.11 Å². The Morgan fingerprint density at radius 2 is 1.96 bits per heavy atom. The average molecular weight is 332 g/mol. The number of ketones is 1. The molecule has 2 aromatic rings. The quantitative estimate of drug-likeness (QED) is 0.637. The summed E-state index contributed by atoms with van der Waals surface area (Å²) < 4.78 is 11.2. The molecule has 0 radical (unpaired) electrons. The van der Waals surface area contributed by atoms with Gasteiger partial charge in [-0.15, -0.1) is 0 Å². The lowest BCUT2D eigenvalue weighted by Crippen LogP contribution is -2.13. The number of rotatable bonds is 5. The molecule has 5 nitrogen and oxygen atoms in total. The van der Waals surface area contributed by atoms with Crippen LogP contribution in [0.1, 0.15) is 56.3 Å². The Bertz CT molecular complexity index is 815. The molecule has 5 heteroatoms. The van der Waals surface area contributed by atoms with Crippen molar-refractivity contribution in [2.24, 2.45) is 0 Å². The van der Waals surface area contributed by atoms with Gasteiger partial charge in [-0.25, -0.2) is 0 Å². The number of aliphatic hydroxyl groups is 1. The molecule has 1 heterocycles. The first kappa shape index (κ1) is 18.1. The van der Waals surface area contributed by atoms with Gasteiger partial charge in [0.05, 0.1) is 12.5 Å². The van der Waals surface area contributed by atoms with E-state index in [1.807, 2.05) is 19.9 Å². The molecular weight excluding hydrogens is 308 g/mol. The number of hydrogen-bond donors (Lipinski definition) is 2. The van der Waals surface area contributed by atoms with E-state index < -0.39 is 5.60 Å². The third-order valence-corrected chi connectivity index (χ3v) is 3.87. The predicted molar refractivity (Wildman–Crippen MR) is 92.8 cm³/mol. The number of ether oxygens (including phenoxy) is 1. The summed E-state index contributed by atoms with van der Waals surface area (Å²) >= 11 is 0. The zero-order chi connectivity index (χ0) is 18.2. The van der Waals surface area contributed by atoms with Crippen LogP contribution in [-0.4, -0.2) is 23.1 Å². The minimum absolute atomic E-state index is 0.130. The van der Waals surface area contributed by atoms with E-state index in [9.17, 15) is 15.0 Å². The summed E-state index contributed by atoms with van der Waals surface area (Å²) in [5, 5.41) is 21.4. The smallest absolute Gasteiger partial charge is 0.167 e.